The van der Waals surface area contributed by atoms with Gasteiger partial charge in [-0.2, -0.15) is 0 Å². The number of amides is 1. The summed E-state index contributed by atoms with van der Waals surface area (Å²) in [5.41, 5.74) is 0.803. The molecule has 2 aliphatic rings. The van der Waals surface area contributed by atoms with Crippen molar-refractivity contribution in [2.75, 3.05) is 26.8 Å². The second kappa shape index (κ2) is 10.5. The third kappa shape index (κ3) is 6.78. The van der Waals surface area contributed by atoms with Gasteiger partial charge in [-0.3, -0.25) is 4.99 Å². The van der Waals surface area contributed by atoms with Crippen LogP contribution in [0.4, 0.5) is 9.18 Å². The van der Waals surface area contributed by atoms with Crippen molar-refractivity contribution < 1.29 is 18.7 Å². The third-order valence-electron chi connectivity index (χ3n) is 5.46. The Morgan fingerprint density at radius 1 is 1.27 bits per heavy atom. The second-order valence-electron chi connectivity index (χ2n) is 8.07. The lowest BCUT2D eigenvalue weighted by atomic mass is 10.1. The molecule has 3 rings (SSSR count). The molecule has 0 saturated heterocycles. The zero-order chi connectivity index (χ0) is 21.5. The van der Waals surface area contributed by atoms with E-state index in [2.05, 4.69) is 20.9 Å². The van der Waals surface area contributed by atoms with E-state index < -0.39 is 6.09 Å². The Balaban J connectivity index is 1.50. The Bertz CT molecular complexity index is 750. The molecule has 0 spiro atoms. The first-order valence-electron chi connectivity index (χ1n) is 10.8. The molecule has 0 heterocycles. The van der Waals surface area contributed by atoms with Crippen molar-refractivity contribution in [2.24, 2.45) is 16.8 Å². The lowest BCUT2D eigenvalue weighted by molar-refractivity contribution is 0.146. The van der Waals surface area contributed by atoms with Crippen LogP contribution in [0, 0.1) is 17.7 Å². The average molecular weight is 421 g/mol. The zero-order valence-electron chi connectivity index (χ0n) is 18.0. The molecule has 166 valence electrons. The molecule has 2 atom stereocenters. The van der Waals surface area contributed by atoms with E-state index in [9.17, 15) is 9.18 Å². The summed E-state index contributed by atoms with van der Waals surface area (Å²) in [5, 5.41) is 9.44. The van der Waals surface area contributed by atoms with E-state index >= 15 is 0 Å². The van der Waals surface area contributed by atoms with E-state index in [-0.39, 0.29) is 17.9 Å². The van der Waals surface area contributed by atoms with Crippen LogP contribution in [0.1, 0.15) is 51.1 Å². The number of alkyl carbamates (subject to hydrolysis) is 1. The highest BCUT2D eigenvalue weighted by atomic mass is 19.1. The van der Waals surface area contributed by atoms with E-state index in [4.69, 9.17) is 9.47 Å². The molecule has 1 amide bonds. The van der Waals surface area contributed by atoms with Crippen molar-refractivity contribution in [1.82, 2.24) is 16.0 Å². The van der Waals surface area contributed by atoms with Crippen LogP contribution in [-0.4, -0.2) is 44.9 Å². The fourth-order valence-corrected chi connectivity index (χ4v) is 3.24. The van der Waals surface area contributed by atoms with Gasteiger partial charge in [0.05, 0.1) is 25.3 Å². The highest BCUT2D eigenvalue weighted by molar-refractivity contribution is 5.80. The van der Waals surface area contributed by atoms with Gasteiger partial charge in [0.25, 0.3) is 0 Å². The maximum absolute atomic E-state index is 14.4. The van der Waals surface area contributed by atoms with Gasteiger partial charge in [0, 0.05) is 13.6 Å². The number of guanidine groups is 1. The standard InChI is InChI=1S/C22H33FN4O3/c1-4-29-22(28)27-19(16-7-8-16)12-25-21(24-3)26-14(2)17-9-10-20(18(23)11-17)30-13-15-5-6-15/h9-11,14-16,19H,4-8,12-13H2,1-3H3,(H,27,28)(H2,24,25,26). The molecule has 0 bridgehead atoms. The highest BCUT2D eigenvalue weighted by Crippen LogP contribution is 2.32. The van der Waals surface area contributed by atoms with Crippen LogP contribution >= 0.6 is 0 Å². The Morgan fingerprint density at radius 3 is 2.63 bits per heavy atom. The summed E-state index contributed by atoms with van der Waals surface area (Å²) >= 11 is 0. The third-order valence-corrected chi connectivity index (χ3v) is 5.46. The zero-order valence-corrected chi connectivity index (χ0v) is 18.0. The molecule has 0 aliphatic heterocycles. The first-order valence-corrected chi connectivity index (χ1v) is 10.8. The number of rotatable bonds is 10. The number of halogens is 1. The topological polar surface area (TPSA) is 84.0 Å². The van der Waals surface area contributed by atoms with Gasteiger partial charge < -0.3 is 25.4 Å². The summed E-state index contributed by atoms with van der Waals surface area (Å²) in [6, 6.07) is 4.89. The number of nitrogens with zero attached hydrogens (tertiary/aromatic N) is 1. The van der Waals surface area contributed by atoms with Gasteiger partial charge in [-0.05, 0) is 69.1 Å². The lowest BCUT2D eigenvalue weighted by Gasteiger charge is -2.22. The maximum Gasteiger partial charge on any atom is 0.407 e. The first-order chi connectivity index (χ1) is 14.5. The summed E-state index contributed by atoms with van der Waals surface area (Å²) in [7, 11) is 1.68. The number of carbonyl (C=O) groups excluding carboxylic acids is 1. The molecule has 2 unspecified atom stereocenters. The Hall–Kier alpha value is -2.51. The van der Waals surface area contributed by atoms with Crippen LogP contribution in [0.25, 0.3) is 0 Å². The summed E-state index contributed by atoms with van der Waals surface area (Å²) < 4.78 is 24.9. The van der Waals surface area contributed by atoms with Gasteiger partial charge in [-0.1, -0.05) is 6.07 Å². The highest BCUT2D eigenvalue weighted by Gasteiger charge is 2.32. The van der Waals surface area contributed by atoms with Crippen molar-refractivity contribution in [2.45, 2.75) is 51.6 Å². The van der Waals surface area contributed by atoms with Gasteiger partial charge in [0.15, 0.2) is 17.5 Å². The number of hydrogen-bond acceptors (Lipinski definition) is 4. The molecule has 3 N–H and O–H groups in total. The van der Waals surface area contributed by atoms with E-state index in [1.54, 1.807) is 20.0 Å². The molecular weight excluding hydrogens is 387 g/mol. The molecular formula is C22H33FN4O3. The quantitative estimate of drug-likeness (QED) is 0.399. The Kier molecular flexibility index (Phi) is 7.76. The van der Waals surface area contributed by atoms with E-state index in [1.165, 1.54) is 18.9 Å². The summed E-state index contributed by atoms with van der Waals surface area (Å²) in [6.45, 7) is 5.20. The molecule has 0 aromatic heterocycles. The van der Waals surface area contributed by atoms with Crippen LogP contribution < -0.4 is 20.7 Å². The first kappa shape index (κ1) is 22.2. The lowest BCUT2D eigenvalue weighted by Crippen LogP contribution is -2.48. The SMILES string of the molecule is CCOC(=O)NC(CNC(=NC)NC(C)c1ccc(OCC2CC2)c(F)c1)C1CC1. The normalized spacial score (nSPS) is 18.3. The predicted molar refractivity (Wildman–Crippen MR) is 114 cm³/mol. The Morgan fingerprint density at radius 2 is 2.03 bits per heavy atom. The molecule has 1 aromatic carbocycles. The van der Waals surface area contributed by atoms with Gasteiger partial charge in [-0.25, -0.2) is 9.18 Å². The fourth-order valence-electron chi connectivity index (χ4n) is 3.24. The number of carbonyl (C=O) groups is 1. The minimum Gasteiger partial charge on any atom is -0.490 e. The number of hydrogen-bond donors (Lipinski definition) is 3. The minimum atomic E-state index is -0.396. The molecule has 8 heteroatoms. The van der Waals surface area contributed by atoms with Crippen molar-refractivity contribution in [1.29, 1.82) is 0 Å². The second-order valence-corrected chi connectivity index (χ2v) is 8.07. The summed E-state index contributed by atoms with van der Waals surface area (Å²) in [4.78, 5) is 16.0. The Labute approximate surface area is 177 Å². The van der Waals surface area contributed by atoms with Gasteiger partial charge in [0.1, 0.15) is 0 Å². The number of aliphatic imine (C=N–C) groups is 1. The van der Waals surface area contributed by atoms with Gasteiger partial charge >= 0.3 is 6.09 Å². The largest absolute Gasteiger partial charge is 0.490 e. The van der Waals surface area contributed by atoms with Crippen LogP contribution in [-0.2, 0) is 4.74 Å². The monoisotopic (exact) mass is 420 g/mol. The van der Waals surface area contributed by atoms with Crippen LogP contribution in [0.3, 0.4) is 0 Å². The minimum absolute atomic E-state index is 0.0155. The fraction of sp³-hybridized carbons (Fsp3) is 0.636. The smallest absolute Gasteiger partial charge is 0.407 e. The van der Waals surface area contributed by atoms with Crippen molar-refractivity contribution in [3.05, 3.63) is 29.6 Å². The number of ether oxygens (including phenoxy) is 2. The van der Waals surface area contributed by atoms with E-state index in [0.29, 0.717) is 43.3 Å². The molecule has 2 saturated carbocycles. The summed E-state index contributed by atoms with van der Waals surface area (Å²) in [6.07, 6.45) is 4.13. The van der Waals surface area contributed by atoms with Crippen LogP contribution in [0.2, 0.25) is 0 Å². The number of benzene rings is 1. The average Bonchev–Trinajstić information content (AvgIpc) is 3.63. The van der Waals surface area contributed by atoms with Gasteiger partial charge in [0.2, 0.25) is 0 Å². The van der Waals surface area contributed by atoms with E-state index in [0.717, 1.165) is 18.4 Å². The van der Waals surface area contributed by atoms with E-state index in [1.807, 2.05) is 13.0 Å². The molecule has 7 nitrogen and oxygen atoms in total. The van der Waals surface area contributed by atoms with Crippen molar-refractivity contribution >= 4 is 12.1 Å². The van der Waals surface area contributed by atoms with Crippen LogP contribution in [0.15, 0.2) is 23.2 Å². The number of nitrogens with one attached hydrogen (secondary N) is 3. The predicted octanol–water partition coefficient (Wildman–Crippen LogP) is 3.37. The molecule has 30 heavy (non-hydrogen) atoms. The van der Waals surface area contributed by atoms with Gasteiger partial charge in [-0.15, -0.1) is 0 Å². The molecule has 2 fully saturated rings. The maximum atomic E-state index is 14.4. The van der Waals surface area contributed by atoms with Crippen LogP contribution in [0.5, 0.6) is 5.75 Å². The molecule has 2 aliphatic carbocycles. The van der Waals surface area contributed by atoms with Crippen molar-refractivity contribution in [3.63, 3.8) is 0 Å². The van der Waals surface area contributed by atoms with Crippen molar-refractivity contribution in [3.8, 4) is 5.75 Å². The molecule has 0 radical (unpaired) electrons. The summed E-state index contributed by atoms with van der Waals surface area (Å²) in [5.74, 6) is 1.58. The molecule has 1 aromatic rings.